The van der Waals surface area contributed by atoms with E-state index in [1.54, 1.807) is 20.0 Å². The molecule has 0 amide bonds. The summed E-state index contributed by atoms with van der Waals surface area (Å²) in [5.74, 6) is -0.423. The Hall–Kier alpha value is -1.97. The number of aromatic nitrogens is 1. The van der Waals surface area contributed by atoms with Gasteiger partial charge < -0.3 is 28.4 Å². The van der Waals surface area contributed by atoms with Gasteiger partial charge in [0.15, 0.2) is 0 Å². The van der Waals surface area contributed by atoms with Crippen LogP contribution in [0.15, 0.2) is 36.5 Å². The quantitative estimate of drug-likeness (QED) is 0.545. The van der Waals surface area contributed by atoms with Crippen molar-refractivity contribution in [3.63, 3.8) is 0 Å². The number of aliphatic hydroxyl groups excluding tert-OH is 1. The van der Waals surface area contributed by atoms with Crippen molar-refractivity contribution in [1.82, 2.24) is 4.98 Å². The number of carbonyl (C=O) groups is 1. The van der Waals surface area contributed by atoms with Crippen LogP contribution in [0.4, 0.5) is 0 Å². The highest BCUT2D eigenvalue weighted by Gasteiger charge is 2.40. The van der Waals surface area contributed by atoms with Gasteiger partial charge >= 0.3 is 15.3 Å². The van der Waals surface area contributed by atoms with Gasteiger partial charge in [0.25, 0.3) is 0 Å². The van der Waals surface area contributed by atoms with E-state index in [0.717, 1.165) is 5.56 Å². The predicted molar refractivity (Wildman–Crippen MR) is 104 cm³/mol. The summed E-state index contributed by atoms with van der Waals surface area (Å²) < 4.78 is 22.8. The average Bonchev–Trinajstić information content (AvgIpc) is 3.07. The molecule has 2 N–H and O–H groups in total. The number of H-pyrrole nitrogens is 1. The maximum Gasteiger partial charge on any atom is 0.381 e. The molecule has 7 nitrogen and oxygen atoms in total. The van der Waals surface area contributed by atoms with Crippen molar-refractivity contribution in [2.75, 3.05) is 13.2 Å². The summed E-state index contributed by atoms with van der Waals surface area (Å²) >= 11 is 0. The van der Waals surface area contributed by atoms with Gasteiger partial charge in [0.1, 0.15) is 18.3 Å². The van der Waals surface area contributed by atoms with Gasteiger partial charge in [-0.2, -0.15) is 0 Å². The fourth-order valence-electron chi connectivity index (χ4n) is 3.23. The lowest BCUT2D eigenvalue weighted by atomic mass is 9.98. The molecule has 1 aliphatic rings. The van der Waals surface area contributed by atoms with Crippen LogP contribution in [0.1, 0.15) is 40.2 Å². The van der Waals surface area contributed by atoms with Gasteiger partial charge in [-0.15, -0.1) is 0 Å². The molecule has 8 heteroatoms. The number of hydrogen-bond donors (Lipinski definition) is 2. The lowest BCUT2D eigenvalue weighted by Gasteiger charge is -2.36. The number of benzene rings is 1. The monoisotopic (exact) mass is 404 g/mol. The van der Waals surface area contributed by atoms with Crippen LogP contribution >= 0.6 is 0 Å². The third-order valence-corrected chi connectivity index (χ3v) is 5.78. The first-order chi connectivity index (χ1) is 13.5. The number of nitrogens with one attached hydrogen (secondary N) is 1. The number of aryl methyl sites for hydroxylation is 1. The van der Waals surface area contributed by atoms with E-state index in [4.69, 9.17) is 18.3 Å². The Morgan fingerprint density at radius 1 is 1.39 bits per heavy atom. The van der Waals surface area contributed by atoms with Crippen LogP contribution in [0.3, 0.4) is 0 Å². The summed E-state index contributed by atoms with van der Waals surface area (Å²) in [4.78, 5) is 15.6. The summed E-state index contributed by atoms with van der Waals surface area (Å²) in [5.41, 5.74) is 2.71. The van der Waals surface area contributed by atoms with E-state index in [1.165, 1.54) is 0 Å². The SMILES string of the molecule is CCOC(=O)c1c([C@@H](OCc2ccccc2)C2O[Si](C)OC[C@H]2O)c[nH]c1C. The highest BCUT2D eigenvalue weighted by Crippen LogP contribution is 2.33. The Bertz CT molecular complexity index is 780. The van der Waals surface area contributed by atoms with Crippen LogP contribution < -0.4 is 0 Å². The molecular weight excluding hydrogens is 378 g/mol. The number of ether oxygens (including phenoxy) is 2. The standard InChI is InChI=1S/C20H26NO6Si/c1-4-24-20(23)17-13(2)21-10-15(17)18(19-16(22)12-26-28(3)27-19)25-11-14-8-6-5-7-9-14/h5-10,16,18-19,21-22H,4,11-12H2,1-3H3/t16-,18-,19?/m1/s1. The molecule has 1 radical (unpaired) electrons. The lowest BCUT2D eigenvalue weighted by Crippen LogP contribution is -2.48. The molecule has 1 unspecified atom stereocenters. The molecule has 1 fully saturated rings. The van der Waals surface area contributed by atoms with Gasteiger partial charge in [-0.25, -0.2) is 4.79 Å². The normalized spacial score (nSPS) is 21.4. The molecule has 0 saturated carbocycles. The van der Waals surface area contributed by atoms with E-state index < -0.39 is 33.6 Å². The van der Waals surface area contributed by atoms with Crippen LogP contribution in [-0.2, 0) is 24.9 Å². The van der Waals surface area contributed by atoms with Crippen molar-refractivity contribution in [2.24, 2.45) is 0 Å². The van der Waals surface area contributed by atoms with Crippen molar-refractivity contribution >= 4 is 15.3 Å². The van der Waals surface area contributed by atoms with E-state index >= 15 is 0 Å². The molecule has 1 aromatic carbocycles. The van der Waals surface area contributed by atoms with Gasteiger partial charge in [0, 0.05) is 17.5 Å². The third kappa shape index (κ3) is 4.71. The lowest BCUT2D eigenvalue weighted by molar-refractivity contribution is -0.125. The number of carbonyl (C=O) groups excluding carboxylic acids is 1. The van der Waals surface area contributed by atoms with E-state index in [-0.39, 0.29) is 13.2 Å². The zero-order valence-corrected chi connectivity index (χ0v) is 17.3. The topological polar surface area (TPSA) is 90.0 Å². The highest BCUT2D eigenvalue weighted by atomic mass is 28.3. The molecule has 1 saturated heterocycles. The molecule has 3 atom stereocenters. The second-order valence-electron chi connectivity index (χ2n) is 6.63. The van der Waals surface area contributed by atoms with Crippen molar-refractivity contribution in [1.29, 1.82) is 0 Å². The number of rotatable bonds is 7. The molecule has 28 heavy (non-hydrogen) atoms. The minimum atomic E-state index is -1.51. The van der Waals surface area contributed by atoms with Crippen LogP contribution in [0, 0.1) is 6.92 Å². The van der Waals surface area contributed by atoms with Gasteiger partial charge in [-0.1, -0.05) is 30.3 Å². The maximum absolute atomic E-state index is 12.5. The second kappa shape index (κ2) is 9.49. The number of aromatic amines is 1. The molecule has 3 rings (SSSR count). The summed E-state index contributed by atoms with van der Waals surface area (Å²) in [7, 11) is -1.51. The van der Waals surface area contributed by atoms with Gasteiger partial charge in [0.2, 0.25) is 0 Å². The first-order valence-corrected chi connectivity index (χ1v) is 11.1. The predicted octanol–water partition coefficient (Wildman–Crippen LogP) is 2.65. The van der Waals surface area contributed by atoms with E-state index in [2.05, 4.69) is 4.98 Å². The molecule has 0 spiro atoms. The number of hydrogen-bond acceptors (Lipinski definition) is 6. The van der Waals surface area contributed by atoms with Gasteiger partial charge in [-0.05, 0) is 26.0 Å². The van der Waals surface area contributed by atoms with E-state index in [9.17, 15) is 9.90 Å². The van der Waals surface area contributed by atoms with Crippen molar-refractivity contribution in [3.05, 3.63) is 58.9 Å². The minimum absolute atomic E-state index is 0.179. The van der Waals surface area contributed by atoms with Crippen molar-refractivity contribution < 1.29 is 28.2 Å². The average molecular weight is 405 g/mol. The fraction of sp³-hybridized carbons (Fsp3) is 0.450. The Morgan fingerprint density at radius 3 is 2.86 bits per heavy atom. The number of aliphatic hydroxyl groups is 1. The summed E-state index contributed by atoms with van der Waals surface area (Å²) in [6, 6.07) is 9.73. The van der Waals surface area contributed by atoms with Crippen molar-refractivity contribution in [2.45, 2.75) is 45.3 Å². The zero-order valence-electron chi connectivity index (χ0n) is 16.3. The van der Waals surface area contributed by atoms with E-state index in [1.807, 2.05) is 36.9 Å². The largest absolute Gasteiger partial charge is 0.462 e. The molecule has 2 aromatic rings. The van der Waals surface area contributed by atoms with Gasteiger partial charge in [-0.3, -0.25) is 0 Å². The molecule has 1 aromatic heterocycles. The Labute approximate surface area is 166 Å². The summed E-state index contributed by atoms with van der Waals surface area (Å²) in [5, 5.41) is 10.5. The molecular formula is C20H26NO6Si. The van der Waals surface area contributed by atoms with Crippen LogP contribution in [0.5, 0.6) is 0 Å². The van der Waals surface area contributed by atoms with Crippen molar-refractivity contribution in [3.8, 4) is 0 Å². The summed E-state index contributed by atoms with van der Waals surface area (Å²) in [6.45, 7) is 6.21. The third-order valence-electron chi connectivity index (χ3n) is 4.60. The smallest absolute Gasteiger partial charge is 0.381 e. The fourth-order valence-corrected chi connectivity index (χ4v) is 4.37. The molecule has 0 bridgehead atoms. The van der Waals surface area contributed by atoms with Crippen LogP contribution in [0.25, 0.3) is 0 Å². The number of esters is 1. The van der Waals surface area contributed by atoms with Crippen LogP contribution in [-0.4, -0.2) is 50.8 Å². The molecule has 151 valence electrons. The zero-order chi connectivity index (χ0) is 20.1. The Morgan fingerprint density at radius 2 is 2.14 bits per heavy atom. The first-order valence-electron chi connectivity index (χ1n) is 9.32. The molecule has 0 aliphatic carbocycles. The Kier molecular flexibility index (Phi) is 7.03. The molecule has 1 aliphatic heterocycles. The maximum atomic E-state index is 12.5. The molecule has 2 heterocycles. The highest BCUT2D eigenvalue weighted by molar-refractivity contribution is 6.42. The summed E-state index contributed by atoms with van der Waals surface area (Å²) in [6.07, 6.45) is -0.423. The van der Waals surface area contributed by atoms with Gasteiger partial charge in [0.05, 0.1) is 25.4 Å². The van der Waals surface area contributed by atoms with E-state index in [0.29, 0.717) is 23.4 Å². The first kappa shape index (κ1) is 20.8. The second-order valence-corrected chi connectivity index (χ2v) is 8.14. The van der Waals surface area contributed by atoms with Crippen LogP contribution in [0.2, 0.25) is 6.55 Å². The Balaban J connectivity index is 1.93. The minimum Gasteiger partial charge on any atom is -0.462 e.